The van der Waals surface area contributed by atoms with Crippen molar-refractivity contribution in [1.82, 2.24) is 31.9 Å². The second kappa shape index (κ2) is 51.8. The van der Waals surface area contributed by atoms with Gasteiger partial charge in [-0.15, -0.1) is 0 Å². The molecule has 0 saturated carbocycles. The number of fused-ring (bicyclic) bond motifs is 2. The van der Waals surface area contributed by atoms with Gasteiger partial charge in [-0.2, -0.15) is 0 Å². The highest BCUT2D eigenvalue weighted by Gasteiger charge is 2.36. The molecule has 8 N–H and O–H groups in total. The van der Waals surface area contributed by atoms with E-state index in [1.807, 2.05) is 269 Å². The third-order valence-corrected chi connectivity index (χ3v) is 22.7. The molecule has 0 aromatic heterocycles. The topological polar surface area (TPSA) is 352 Å². The number of aliphatic carboxylic acids is 2. The van der Waals surface area contributed by atoms with Gasteiger partial charge in [0, 0.05) is 114 Å². The van der Waals surface area contributed by atoms with Crippen molar-refractivity contribution in [3.05, 3.63) is 310 Å². The fraction of sp³-hybridized carbons (Fsp3) is 0.340. The van der Waals surface area contributed by atoms with E-state index in [0.29, 0.717) is 38.8 Å². The first-order valence-electron chi connectivity index (χ1n) is 44.2. The number of carbonyl (C=O) groups excluding carboxylic acids is 12. The van der Waals surface area contributed by atoms with Gasteiger partial charge < -0.3 is 51.7 Å². The quantitative estimate of drug-likeness (QED) is 0.0164. The molecule has 0 unspecified atom stereocenters. The van der Waals surface area contributed by atoms with Crippen LogP contribution in [0.3, 0.4) is 0 Å². The lowest BCUT2D eigenvalue weighted by atomic mass is 9.88. The van der Waals surface area contributed by atoms with Gasteiger partial charge in [0.15, 0.2) is 11.6 Å². The Bertz CT molecular complexity index is 5060. The lowest BCUT2D eigenvalue weighted by Crippen LogP contribution is -2.48. The third-order valence-electron chi connectivity index (χ3n) is 22.7. The van der Waals surface area contributed by atoms with Gasteiger partial charge in [0.1, 0.15) is 35.2 Å². The summed E-state index contributed by atoms with van der Waals surface area (Å²) in [7, 11) is 0. The van der Waals surface area contributed by atoms with Crippen LogP contribution in [0.2, 0.25) is 0 Å². The molecule has 10 rings (SSSR count). The van der Waals surface area contributed by atoms with Gasteiger partial charge in [-0.25, -0.2) is 9.59 Å². The van der Waals surface area contributed by atoms with E-state index in [1.54, 1.807) is 0 Å². The molecule has 8 atom stereocenters. The molecule has 0 saturated heterocycles. The van der Waals surface area contributed by atoms with E-state index >= 15 is 0 Å². The van der Waals surface area contributed by atoms with Crippen LogP contribution in [0, 0.1) is 37.5 Å². The molecule has 128 heavy (non-hydrogen) atoms. The number of carboxylic acid groups (broad SMARTS) is 2. The van der Waals surface area contributed by atoms with Crippen molar-refractivity contribution in [3.8, 4) is 0 Å². The van der Waals surface area contributed by atoms with Gasteiger partial charge >= 0.3 is 11.9 Å². The summed E-state index contributed by atoms with van der Waals surface area (Å²) in [6, 6.07) is 74.7. The molecular formula is C106H118N6O16. The summed E-state index contributed by atoms with van der Waals surface area (Å²) < 4.78 is 0. The maximum Gasteiger partial charge on any atom is 0.326 e. The number of carbonyl (C=O) groups is 14. The van der Waals surface area contributed by atoms with Crippen LogP contribution >= 0.6 is 0 Å². The number of carboxylic acids is 2. The molecule has 0 aliphatic rings. The lowest BCUT2D eigenvalue weighted by molar-refractivity contribution is -0.143. The fourth-order valence-electron chi connectivity index (χ4n) is 15.5. The number of nitrogens with one attached hydrogen (secondary N) is 6. The van der Waals surface area contributed by atoms with E-state index in [0.717, 1.165) is 77.2 Å². The van der Waals surface area contributed by atoms with Crippen LogP contribution in [-0.2, 0) is 118 Å². The number of unbranched alkanes of at least 4 members (excludes halogenated alkanes) is 2. The zero-order valence-corrected chi connectivity index (χ0v) is 73.4. The minimum absolute atomic E-state index is 0.0311. The number of benzene rings is 10. The summed E-state index contributed by atoms with van der Waals surface area (Å²) in [5.74, 6) is -9.88. The van der Waals surface area contributed by atoms with Crippen LogP contribution in [0.1, 0.15) is 159 Å². The van der Waals surface area contributed by atoms with Crippen molar-refractivity contribution in [3.63, 3.8) is 0 Å². The van der Waals surface area contributed by atoms with Gasteiger partial charge in [0.25, 0.3) is 0 Å². The molecule has 10 aromatic rings. The Kier molecular flexibility index (Phi) is 39.8. The van der Waals surface area contributed by atoms with E-state index in [2.05, 4.69) is 31.9 Å². The molecule has 0 aliphatic carbocycles. The molecule has 668 valence electrons. The standard InChI is InChI=1S/2C53H59N3O8/c2*1-36-20-23-40(24-21-36)33-48(53(63)64)56-51(61)44(19-11-12-28-54-50(60)27-22-37(2)57)35-49(59)47(32-39-15-7-4-8-16-39)55-52(62)45(29-38-13-5-3-6-14-38)34-46(58)31-41-25-26-42-17-9-10-18-43(42)30-41/h2*3-10,13-18,20-21,23-26,30,44-45,47-48H,11-12,19,22,27-29,31-35H2,1-2H3,(H,54,60)(H,55,62)(H,56,61)(H,63,64)/t2*44-,45-,47+,48+/m00/s1. The van der Waals surface area contributed by atoms with Gasteiger partial charge in [0.2, 0.25) is 35.4 Å². The smallest absolute Gasteiger partial charge is 0.326 e. The summed E-state index contributed by atoms with van der Waals surface area (Å²) in [6.45, 7) is 7.26. The van der Waals surface area contributed by atoms with E-state index < -0.39 is 95.0 Å². The van der Waals surface area contributed by atoms with Gasteiger partial charge in [-0.05, 0) is 145 Å². The zero-order chi connectivity index (χ0) is 91.7. The van der Waals surface area contributed by atoms with Gasteiger partial charge in [0.05, 0.1) is 12.1 Å². The Balaban J connectivity index is 0.000000289. The van der Waals surface area contributed by atoms with E-state index in [4.69, 9.17) is 0 Å². The maximum atomic E-state index is 14.5. The highest BCUT2D eigenvalue weighted by atomic mass is 16.4. The average Bonchev–Trinajstić information content (AvgIpc) is 0.844. The summed E-state index contributed by atoms with van der Waals surface area (Å²) in [5.41, 5.74) is 8.39. The largest absolute Gasteiger partial charge is 0.480 e. The van der Waals surface area contributed by atoms with Crippen LogP contribution < -0.4 is 31.9 Å². The number of hydrogen-bond acceptors (Lipinski definition) is 14. The van der Waals surface area contributed by atoms with Crippen LogP contribution in [0.25, 0.3) is 21.5 Å². The number of hydrogen-bond donors (Lipinski definition) is 8. The van der Waals surface area contributed by atoms with Crippen molar-refractivity contribution in [2.75, 3.05) is 13.1 Å². The number of ketones is 6. The summed E-state index contributed by atoms with van der Waals surface area (Å²) in [5, 5.41) is 41.4. The van der Waals surface area contributed by atoms with Crippen LogP contribution in [0.5, 0.6) is 0 Å². The van der Waals surface area contributed by atoms with Crippen molar-refractivity contribution >= 4 is 104 Å². The predicted octanol–water partition coefficient (Wildman–Crippen LogP) is 14.6. The first kappa shape index (κ1) is 98.3. The van der Waals surface area contributed by atoms with Crippen LogP contribution in [-0.4, -0.2) is 130 Å². The summed E-state index contributed by atoms with van der Waals surface area (Å²) in [6.07, 6.45) is 2.98. The van der Waals surface area contributed by atoms with Gasteiger partial charge in [-0.3, -0.25) is 47.9 Å². The molecule has 0 radical (unpaired) electrons. The Morgan fingerprint density at radius 2 is 0.562 bits per heavy atom. The lowest BCUT2D eigenvalue weighted by Gasteiger charge is -2.25. The molecule has 0 heterocycles. The number of aryl methyl sites for hydroxylation is 2. The zero-order valence-electron chi connectivity index (χ0n) is 73.4. The maximum absolute atomic E-state index is 14.5. The Morgan fingerprint density at radius 3 is 0.891 bits per heavy atom. The Labute approximate surface area is 749 Å². The number of Topliss-reactive ketones (excluding diaryl/α,β-unsaturated/α-hetero) is 6. The summed E-state index contributed by atoms with van der Waals surface area (Å²) in [4.78, 5) is 185. The first-order chi connectivity index (χ1) is 61.6. The van der Waals surface area contributed by atoms with E-state index in [9.17, 15) is 77.3 Å². The molecule has 0 aliphatic heterocycles. The SMILES string of the molecule is CC(=O)CCC(=O)NCCCC[C@@H](CC(=O)[C@@H](Cc1ccccc1)NC(=O)[C@H](CC(=O)Cc1ccc2ccccc2c1)Cc1ccccc1)C(=O)N[C@H](Cc1ccc(C)cc1)C(=O)O.CC(=O)CCC(=O)NCCCC[C@@H](CC(=O)[C@@H](Cc1ccccc1)NC(=O)[C@H](CC(=O)Cc1ccc2ccccc2c1)Cc1ccccc1)C(=O)N[C@H](Cc1ccc(C)cc1)C(=O)O. The number of rotatable bonds is 52. The minimum Gasteiger partial charge on any atom is -0.480 e. The molecule has 6 amide bonds. The number of amides is 6. The molecular weight excluding hydrogens is 1610 g/mol. The minimum atomic E-state index is -1.26. The first-order valence-corrected chi connectivity index (χ1v) is 44.2. The van der Waals surface area contributed by atoms with E-state index in [-0.39, 0.29) is 151 Å². The Hall–Kier alpha value is -13.5. The normalized spacial score (nSPS) is 12.9. The van der Waals surface area contributed by atoms with Gasteiger partial charge in [-0.1, -0.05) is 279 Å². The third kappa shape index (κ3) is 34.8. The Morgan fingerprint density at radius 1 is 0.281 bits per heavy atom. The van der Waals surface area contributed by atoms with Crippen molar-refractivity contribution in [2.45, 2.75) is 193 Å². The molecule has 0 bridgehead atoms. The molecule has 0 spiro atoms. The molecule has 22 nitrogen and oxygen atoms in total. The van der Waals surface area contributed by atoms with Crippen molar-refractivity contribution < 1.29 is 77.3 Å². The van der Waals surface area contributed by atoms with Crippen molar-refractivity contribution in [2.24, 2.45) is 23.7 Å². The van der Waals surface area contributed by atoms with Crippen LogP contribution in [0.4, 0.5) is 0 Å². The van der Waals surface area contributed by atoms with Crippen LogP contribution in [0.15, 0.2) is 255 Å². The molecule has 0 fully saturated rings. The summed E-state index contributed by atoms with van der Waals surface area (Å²) >= 11 is 0. The highest BCUT2D eigenvalue weighted by molar-refractivity contribution is 5.98. The second-order valence-electron chi connectivity index (χ2n) is 33.5. The predicted molar refractivity (Wildman–Crippen MR) is 495 cm³/mol. The molecule has 10 aromatic carbocycles. The highest BCUT2D eigenvalue weighted by Crippen LogP contribution is 2.26. The monoisotopic (exact) mass is 1730 g/mol. The second-order valence-corrected chi connectivity index (χ2v) is 33.5. The van der Waals surface area contributed by atoms with E-state index in [1.165, 1.54) is 13.8 Å². The van der Waals surface area contributed by atoms with Crippen molar-refractivity contribution in [1.29, 1.82) is 0 Å². The molecule has 22 heteroatoms. The average molecular weight is 1730 g/mol. The fourth-order valence-corrected chi connectivity index (χ4v) is 15.5.